The second-order valence-corrected chi connectivity index (χ2v) is 6.61. The van der Waals surface area contributed by atoms with Gasteiger partial charge in [0.25, 0.3) is 11.8 Å². The van der Waals surface area contributed by atoms with Crippen molar-refractivity contribution in [2.75, 3.05) is 14.1 Å². The van der Waals surface area contributed by atoms with Gasteiger partial charge in [0.15, 0.2) is 0 Å². The number of carbonyl (C=O) groups excluding carboxylic acids is 3. The lowest BCUT2D eigenvalue weighted by molar-refractivity contribution is -0.132. The first-order valence-corrected chi connectivity index (χ1v) is 8.82. The molecule has 0 aromatic heterocycles. The monoisotopic (exact) mass is 387 g/mol. The largest absolute Gasteiger partial charge is 0.355 e. The van der Waals surface area contributed by atoms with E-state index in [1.165, 1.54) is 4.90 Å². The van der Waals surface area contributed by atoms with Gasteiger partial charge >= 0.3 is 0 Å². The number of likely N-dealkylation sites (N-methyl/N-ethyl adjacent to an activating group) is 1. The van der Waals surface area contributed by atoms with Crippen molar-refractivity contribution < 1.29 is 14.4 Å². The van der Waals surface area contributed by atoms with Crippen molar-refractivity contribution in [2.24, 2.45) is 0 Å². The van der Waals surface area contributed by atoms with Crippen LogP contribution in [0, 0.1) is 0 Å². The highest BCUT2D eigenvalue weighted by molar-refractivity contribution is 6.30. The lowest BCUT2D eigenvalue weighted by Crippen LogP contribution is -2.45. The van der Waals surface area contributed by atoms with Gasteiger partial charge in [0.1, 0.15) is 6.04 Å². The number of rotatable bonds is 6. The average Bonchev–Trinajstić information content (AvgIpc) is 2.67. The van der Waals surface area contributed by atoms with Gasteiger partial charge in [0, 0.05) is 36.8 Å². The molecule has 0 aliphatic rings. The van der Waals surface area contributed by atoms with Gasteiger partial charge in [-0.1, -0.05) is 23.7 Å². The predicted molar refractivity (Wildman–Crippen MR) is 105 cm³/mol. The van der Waals surface area contributed by atoms with Crippen LogP contribution in [0.5, 0.6) is 0 Å². The van der Waals surface area contributed by atoms with E-state index in [1.54, 1.807) is 69.6 Å². The van der Waals surface area contributed by atoms with Gasteiger partial charge in [-0.05, 0) is 48.9 Å². The van der Waals surface area contributed by atoms with Crippen molar-refractivity contribution in [3.63, 3.8) is 0 Å². The summed E-state index contributed by atoms with van der Waals surface area (Å²) < 4.78 is 0. The standard InChI is InChI=1S/C20H22ClN3O3/c1-13(23-19(26)16-8-10-17(21)11-9-16)20(27)24(3)12-14-4-6-15(7-5-14)18(25)22-2/h4-11,13H,12H2,1-3H3,(H,22,25)(H,23,26)/t13-/m0/s1. The van der Waals surface area contributed by atoms with Crippen LogP contribution in [0.1, 0.15) is 33.2 Å². The van der Waals surface area contributed by atoms with E-state index in [0.717, 1.165) is 5.56 Å². The number of hydrogen-bond donors (Lipinski definition) is 2. The van der Waals surface area contributed by atoms with E-state index < -0.39 is 6.04 Å². The molecule has 7 heteroatoms. The van der Waals surface area contributed by atoms with Crippen molar-refractivity contribution in [3.05, 3.63) is 70.2 Å². The van der Waals surface area contributed by atoms with Gasteiger partial charge < -0.3 is 15.5 Å². The van der Waals surface area contributed by atoms with Crippen LogP contribution in [-0.2, 0) is 11.3 Å². The van der Waals surface area contributed by atoms with E-state index >= 15 is 0 Å². The molecule has 0 unspecified atom stereocenters. The number of halogens is 1. The normalized spacial score (nSPS) is 11.4. The first kappa shape index (κ1) is 20.5. The van der Waals surface area contributed by atoms with Crippen LogP contribution in [-0.4, -0.2) is 42.8 Å². The zero-order chi connectivity index (χ0) is 20.0. The van der Waals surface area contributed by atoms with E-state index in [1.807, 2.05) is 0 Å². The van der Waals surface area contributed by atoms with E-state index in [9.17, 15) is 14.4 Å². The van der Waals surface area contributed by atoms with E-state index in [0.29, 0.717) is 22.7 Å². The Morgan fingerprint density at radius 2 is 1.48 bits per heavy atom. The van der Waals surface area contributed by atoms with Gasteiger partial charge in [0.2, 0.25) is 5.91 Å². The van der Waals surface area contributed by atoms with Crippen molar-refractivity contribution in [3.8, 4) is 0 Å². The molecule has 0 saturated carbocycles. The fourth-order valence-corrected chi connectivity index (χ4v) is 2.66. The molecule has 0 radical (unpaired) electrons. The van der Waals surface area contributed by atoms with Gasteiger partial charge in [0.05, 0.1) is 0 Å². The fraction of sp³-hybridized carbons (Fsp3) is 0.250. The van der Waals surface area contributed by atoms with Gasteiger partial charge in [-0.25, -0.2) is 0 Å². The molecule has 27 heavy (non-hydrogen) atoms. The Morgan fingerprint density at radius 1 is 0.963 bits per heavy atom. The summed E-state index contributed by atoms with van der Waals surface area (Å²) in [5.74, 6) is -0.715. The highest BCUT2D eigenvalue weighted by Gasteiger charge is 2.20. The third-order valence-corrected chi connectivity index (χ3v) is 4.32. The minimum Gasteiger partial charge on any atom is -0.355 e. The highest BCUT2D eigenvalue weighted by Crippen LogP contribution is 2.10. The van der Waals surface area contributed by atoms with E-state index in [2.05, 4.69) is 10.6 Å². The Hall–Kier alpha value is -2.86. The molecule has 6 nitrogen and oxygen atoms in total. The number of amides is 3. The number of nitrogens with zero attached hydrogens (tertiary/aromatic N) is 1. The number of carbonyl (C=O) groups is 3. The summed E-state index contributed by atoms with van der Waals surface area (Å²) in [6.45, 7) is 2.01. The molecule has 0 spiro atoms. The predicted octanol–water partition coefficient (Wildman–Crippen LogP) is 2.48. The lowest BCUT2D eigenvalue weighted by Gasteiger charge is -2.22. The Labute approximate surface area is 163 Å². The lowest BCUT2D eigenvalue weighted by atomic mass is 10.1. The zero-order valence-electron chi connectivity index (χ0n) is 15.5. The van der Waals surface area contributed by atoms with Crippen LogP contribution in [0.2, 0.25) is 5.02 Å². The maximum absolute atomic E-state index is 12.5. The molecule has 2 rings (SSSR count). The molecule has 0 fully saturated rings. The van der Waals surface area contributed by atoms with Crippen LogP contribution >= 0.6 is 11.6 Å². The first-order chi connectivity index (χ1) is 12.8. The Morgan fingerprint density at radius 3 is 2.04 bits per heavy atom. The Balaban J connectivity index is 1.94. The first-order valence-electron chi connectivity index (χ1n) is 8.44. The molecule has 0 heterocycles. The average molecular weight is 388 g/mol. The van der Waals surface area contributed by atoms with E-state index in [4.69, 9.17) is 11.6 Å². The van der Waals surface area contributed by atoms with Crippen LogP contribution in [0.25, 0.3) is 0 Å². The van der Waals surface area contributed by atoms with Crippen LogP contribution in [0.3, 0.4) is 0 Å². The minimum atomic E-state index is -0.677. The van der Waals surface area contributed by atoms with Crippen molar-refractivity contribution in [1.29, 1.82) is 0 Å². The Kier molecular flexibility index (Phi) is 6.96. The van der Waals surface area contributed by atoms with Crippen molar-refractivity contribution in [2.45, 2.75) is 19.5 Å². The molecule has 3 amide bonds. The summed E-state index contributed by atoms with van der Waals surface area (Å²) in [6.07, 6.45) is 0. The summed E-state index contributed by atoms with van der Waals surface area (Å²) in [7, 11) is 3.24. The van der Waals surface area contributed by atoms with Crippen LogP contribution in [0.4, 0.5) is 0 Å². The molecular weight excluding hydrogens is 366 g/mol. The van der Waals surface area contributed by atoms with E-state index in [-0.39, 0.29) is 17.7 Å². The summed E-state index contributed by atoms with van der Waals surface area (Å²) >= 11 is 5.81. The van der Waals surface area contributed by atoms with Crippen molar-refractivity contribution in [1.82, 2.24) is 15.5 Å². The summed E-state index contributed by atoms with van der Waals surface area (Å²) in [5, 5.41) is 5.79. The van der Waals surface area contributed by atoms with Crippen molar-refractivity contribution >= 4 is 29.3 Å². The van der Waals surface area contributed by atoms with Crippen LogP contribution < -0.4 is 10.6 Å². The second kappa shape index (κ2) is 9.19. The smallest absolute Gasteiger partial charge is 0.251 e. The molecule has 2 aromatic rings. The molecule has 0 aliphatic carbocycles. The molecular formula is C20H22ClN3O3. The molecule has 0 saturated heterocycles. The van der Waals surface area contributed by atoms with Gasteiger partial charge in [-0.15, -0.1) is 0 Å². The Bertz CT molecular complexity index is 819. The summed E-state index contributed by atoms with van der Waals surface area (Å²) in [6, 6.07) is 12.8. The summed E-state index contributed by atoms with van der Waals surface area (Å²) in [4.78, 5) is 37.8. The maximum Gasteiger partial charge on any atom is 0.251 e. The second-order valence-electron chi connectivity index (χ2n) is 6.17. The zero-order valence-corrected chi connectivity index (χ0v) is 16.2. The molecule has 142 valence electrons. The third kappa shape index (κ3) is 5.56. The van der Waals surface area contributed by atoms with Crippen LogP contribution in [0.15, 0.2) is 48.5 Å². The third-order valence-electron chi connectivity index (χ3n) is 4.06. The number of benzene rings is 2. The topological polar surface area (TPSA) is 78.5 Å². The van der Waals surface area contributed by atoms with Gasteiger partial charge in [-0.3, -0.25) is 14.4 Å². The maximum atomic E-state index is 12.5. The molecule has 2 aromatic carbocycles. The SMILES string of the molecule is CNC(=O)c1ccc(CN(C)C(=O)[C@H](C)NC(=O)c2ccc(Cl)cc2)cc1. The molecule has 2 N–H and O–H groups in total. The summed E-state index contributed by atoms with van der Waals surface area (Å²) in [5.41, 5.74) is 1.88. The quantitative estimate of drug-likeness (QED) is 0.799. The number of hydrogen-bond acceptors (Lipinski definition) is 3. The molecule has 0 bridgehead atoms. The molecule has 0 aliphatic heterocycles. The highest BCUT2D eigenvalue weighted by atomic mass is 35.5. The van der Waals surface area contributed by atoms with Gasteiger partial charge in [-0.2, -0.15) is 0 Å². The minimum absolute atomic E-state index is 0.162. The molecule has 1 atom stereocenters. The number of nitrogens with one attached hydrogen (secondary N) is 2. The fourth-order valence-electron chi connectivity index (χ4n) is 2.53.